The lowest BCUT2D eigenvalue weighted by molar-refractivity contribution is 0.108. The molecule has 0 fully saturated rings. The lowest BCUT2D eigenvalue weighted by atomic mass is 10.0. The van der Waals surface area contributed by atoms with Gasteiger partial charge < -0.3 is 14.2 Å². The summed E-state index contributed by atoms with van der Waals surface area (Å²) in [6.45, 7) is 3.27. The van der Waals surface area contributed by atoms with Crippen molar-refractivity contribution in [2.24, 2.45) is 0 Å². The van der Waals surface area contributed by atoms with E-state index in [1.165, 1.54) is 12.1 Å². The van der Waals surface area contributed by atoms with Crippen LogP contribution < -0.4 is 0 Å². The summed E-state index contributed by atoms with van der Waals surface area (Å²) in [4.78, 5) is 13.5. The quantitative estimate of drug-likeness (QED) is 0.855. The van der Waals surface area contributed by atoms with Crippen molar-refractivity contribution in [3.8, 4) is 11.3 Å². The lowest BCUT2D eigenvalue weighted by Gasteiger charge is -2.18. The van der Waals surface area contributed by atoms with Gasteiger partial charge in [-0.3, -0.25) is 0 Å². The zero-order valence-electron chi connectivity index (χ0n) is 12.3. The number of rotatable bonds is 2. The molecule has 2 aromatic rings. The van der Waals surface area contributed by atoms with Gasteiger partial charge in [-0.1, -0.05) is 5.16 Å². The molecule has 5 nitrogen and oxygen atoms in total. The number of nitrogens with zero attached hydrogens (tertiary/aromatic N) is 2. The Morgan fingerprint density at radius 2 is 2.05 bits per heavy atom. The molecule has 0 bridgehead atoms. The van der Waals surface area contributed by atoms with Crippen molar-refractivity contribution in [3.05, 3.63) is 41.3 Å². The van der Waals surface area contributed by atoms with Crippen LogP contribution in [-0.4, -0.2) is 35.8 Å². The molecule has 1 aromatic heterocycles. The van der Waals surface area contributed by atoms with E-state index in [1.807, 2.05) is 0 Å². The van der Waals surface area contributed by atoms with Gasteiger partial charge in [-0.05, 0) is 37.6 Å². The van der Waals surface area contributed by atoms with Gasteiger partial charge in [-0.15, -0.1) is 0 Å². The fourth-order valence-corrected chi connectivity index (χ4v) is 2.62. The fourth-order valence-electron chi connectivity index (χ4n) is 2.62. The molecule has 22 heavy (non-hydrogen) atoms. The number of carbonyl (C=O) groups is 1. The van der Waals surface area contributed by atoms with E-state index >= 15 is 0 Å². The van der Waals surface area contributed by atoms with Crippen LogP contribution in [0.4, 0.5) is 9.18 Å². The maximum atomic E-state index is 13.0. The molecule has 0 saturated carbocycles. The molecule has 0 aliphatic carbocycles. The lowest BCUT2D eigenvalue weighted by Crippen LogP contribution is -2.33. The van der Waals surface area contributed by atoms with E-state index < -0.39 is 0 Å². The van der Waals surface area contributed by atoms with E-state index in [0.29, 0.717) is 38.3 Å². The van der Waals surface area contributed by atoms with E-state index in [2.05, 4.69) is 5.16 Å². The molecule has 0 radical (unpaired) electrons. The van der Waals surface area contributed by atoms with E-state index in [0.717, 1.165) is 16.8 Å². The molecule has 0 unspecified atom stereocenters. The Morgan fingerprint density at radius 3 is 2.77 bits per heavy atom. The summed E-state index contributed by atoms with van der Waals surface area (Å²) in [5.41, 5.74) is 2.63. The van der Waals surface area contributed by atoms with Crippen LogP contribution in [0.15, 0.2) is 28.8 Å². The third kappa shape index (κ3) is 2.81. The third-order valence-electron chi connectivity index (χ3n) is 3.75. The topological polar surface area (TPSA) is 55.6 Å². The molecule has 1 aromatic carbocycles. The zero-order valence-corrected chi connectivity index (χ0v) is 12.3. The van der Waals surface area contributed by atoms with Gasteiger partial charge in [0.15, 0.2) is 5.76 Å². The predicted molar refractivity (Wildman–Crippen MR) is 77.9 cm³/mol. The number of hydrogen-bond acceptors (Lipinski definition) is 4. The van der Waals surface area contributed by atoms with Gasteiger partial charge in [-0.25, -0.2) is 9.18 Å². The van der Waals surface area contributed by atoms with Crippen LogP contribution in [0.3, 0.4) is 0 Å². The van der Waals surface area contributed by atoms with E-state index in [4.69, 9.17) is 9.26 Å². The number of hydrogen-bond donors (Lipinski definition) is 0. The Kier molecular flexibility index (Phi) is 4.09. The number of carbonyl (C=O) groups excluding carboxylic acids is 1. The second-order valence-electron chi connectivity index (χ2n) is 5.13. The Morgan fingerprint density at radius 1 is 1.32 bits per heavy atom. The summed E-state index contributed by atoms with van der Waals surface area (Å²) in [6, 6.07) is 6.13. The maximum absolute atomic E-state index is 13.0. The van der Waals surface area contributed by atoms with Crippen molar-refractivity contribution in [2.45, 2.75) is 19.8 Å². The first-order valence-electron chi connectivity index (χ1n) is 7.34. The highest BCUT2D eigenvalue weighted by Crippen LogP contribution is 2.29. The fraction of sp³-hybridized carbons (Fsp3) is 0.375. The number of benzene rings is 1. The molecule has 6 heteroatoms. The Balaban J connectivity index is 1.82. The standard InChI is InChI=1S/C16H17FN2O3/c1-2-21-16(20)19-9-7-13-14(8-10-19)18-22-15(13)11-3-5-12(17)6-4-11/h3-6H,2,7-10H2,1H3. The van der Waals surface area contributed by atoms with Crippen molar-refractivity contribution in [1.82, 2.24) is 10.1 Å². The van der Waals surface area contributed by atoms with Crippen LogP contribution in [0, 0.1) is 5.82 Å². The number of ether oxygens (including phenoxy) is 1. The minimum Gasteiger partial charge on any atom is -0.450 e. The van der Waals surface area contributed by atoms with Crippen molar-refractivity contribution < 1.29 is 18.4 Å². The van der Waals surface area contributed by atoms with Gasteiger partial charge in [0.2, 0.25) is 0 Å². The first-order valence-corrected chi connectivity index (χ1v) is 7.34. The van der Waals surface area contributed by atoms with Crippen LogP contribution in [-0.2, 0) is 17.6 Å². The molecule has 0 N–H and O–H groups in total. The molecule has 0 saturated heterocycles. The Labute approximate surface area is 127 Å². The van der Waals surface area contributed by atoms with Gasteiger partial charge in [0.25, 0.3) is 0 Å². The average Bonchev–Trinajstić information content (AvgIpc) is 2.80. The molecule has 1 aliphatic heterocycles. The summed E-state index contributed by atoms with van der Waals surface area (Å²) in [5, 5.41) is 4.11. The molecule has 1 aliphatic rings. The minimum absolute atomic E-state index is 0.289. The molecule has 0 spiro atoms. The smallest absolute Gasteiger partial charge is 0.409 e. The molecule has 1 amide bonds. The van der Waals surface area contributed by atoms with Gasteiger partial charge in [0.1, 0.15) is 5.82 Å². The van der Waals surface area contributed by atoms with E-state index in [9.17, 15) is 9.18 Å². The van der Waals surface area contributed by atoms with Crippen LogP contribution in [0.25, 0.3) is 11.3 Å². The number of aromatic nitrogens is 1. The Bertz CT molecular complexity index is 667. The number of halogens is 1. The number of fused-ring (bicyclic) bond motifs is 1. The van der Waals surface area contributed by atoms with Gasteiger partial charge in [0, 0.05) is 30.6 Å². The van der Waals surface area contributed by atoms with Crippen LogP contribution in [0.2, 0.25) is 0 Å². The SMILES string of the molecule is CCOC(=O)N1CCc2noc(-c3ccc(F)cc3)c2CC1. The summed E-state index contributed by atoms with van der Waals surface area (Å²) < 4.78 is 23.5. The van der Waals surface area contributed by atoms with E-state index in [-0.39, 0.29) is 11.9 Å². The van der Waals surface area contributed by atoms with Crippen molar-refractivity contribution in [1.29, 1.82) is 0 Å². The second-order valence-corrected chi connectivity index (χ2v) is 5.13. The monoisotopic (exact) mass is 304 g/mol. The van der Waals surface area contributed by atoms with E-state index in [1.54, 1.807) is 24.0 Å². The van der Waals surface area contributed by atoms with Crippen molar-refractivity contribution >= 4 is 6.09 Å². The highest BCUT2D eigenvalue weighted by atomic mass is 19.1. The summed E-state index contributed by atoms with van der Waals surface area (Å²) in [7, 11) is 0. The maximum Gasteiger partial charge on any atom is 0.409 e. The largest absolute Gasteiger partial charge is 0.450 e. The predicted octanol–water partition coefficient (Wildman–Crippen LogP) is 3.04. The van der Waals surface area contributed by atoms with Crippen molar-refractivity contribution in [2.75, 3.05) is 19.7 Å². The van der Waals surface area contributed by atoms with Gasteiger partial charge in [-0.2, -0.15) is 0 Å². The third-order valence-corrected chi connectivity index (χ3v) is 3.75. The summed E-state index contributed by atoms with van der Waals surface area (Å²) in [5.74, 6) is 0.364. The molecule has 0 atom stereocenters. The highest BCUT2D eigenvalue weighted by molar-refractivity contribution is 5.68. The van der Waals surface area contributed by atoms with Crippen molar-refractivity contribution in [3.63, 3.8) is 0 Å². The molecule has 116 valence electrons. The Hall–Kier alpha value is -2.37. The summed E-state index contributed by atoms with van der Waals surface area (Å²) in [6.07, 6.45) is 0.969. The number of amides is 1. The molecular formula is C16H17FN2O3. The molecular weight excluding hydrogens is 287 g/mol. The average molecular weight is 304 g/mol. The minimum atomic E-state index is -0.298. The van der Waals surface area contributed by atoms with Crippen LogP contribution >= 0.6 is 0 Å². The summed E-state index contributed by atoms with van der Waals surface area (Å²) >= 11 is 0. The van der Waals surface area contributed by atoms with Gasteiger partial charge >= 0.3 is 6.09 Å². The van der Waals surface area contributed by atoms with Crippen LogP contribution in [0.5, 0.6) is 0 Å². The van der Waals surface area contributed by atoms with Gasteiger partial charge in [0.05, 0.1) is 12.3 Å². The van der Waals surface area contributed by atoms with Crippen LogP contribution in [0.1, 0.15) is 18.2 Å². The highest BCUT2D eigenvalue weighted by Gasteiger charge is 2.25. The normalized spacial score (nSPS) is 14.4. The zero-order chi connectivity index (χ0) is 15.5. The molecule has 2 heterocycles. The second kappa shape index (κ2) is 6.17. The first-order chi connectivity index (χ1) is 10.7. The molecule has 3 rings (SSSR count). The first kappa shape index (κ1) is 14.6.